The summed E-state index contributed by atoms with van der Waals surface area (Å²) in [6, 6.07) is 6.12. The van der Waals surface area contributed by atoms with Gasteiger partial charge in [0.05, 0.1) is 11.7 Å². The molecule has 0 saturated carbocycles. The predicted octanol–water partition coefficient (Wildman–Crippen LogP) is 2.09. The lowest BCUT2D eigenvalue weighted by Crippen LogP contribution is -1.94. The summed E-state index contributed by atoms with van der Waals surface area (Å²) in [6.07, 6.45) is 3.27. The van der Waals surface area contributed by atoms with Crippen LogP contribution in [-0.4, -0.2) is 15.6 Å². The number of ketones is 1. The number of hydrogen-bond acceptors (Lipinski definition) is 2. The van der Waals surface area contributed by atoms with Gasteiger partial charge >= 0.3 is 0 Å². The number of carbonyl (C=O) groups is 1. The van der Waals surface area contributed by atoms with Crippen LogP contribution in [0.4, 0.5) is 0 Å². The largest absolute Gasteiger partial charge is 0.300 e. The highest BCUT2D eigenvalue weighted by Crippen LogP contribution is 2.19. The molecule has 0 saturated heterocycles. The fourth-order valence-electron chi connectivity index (χ4n) is 1.77. The molecule has 1 aromatic carbocycles. The van der Waals surface area contributed by atoms with Crippen LogP contribution in [0.3, 0.4) is 0 Å². The Morgan fingerprint density at radius 3 is 3.00 bits per heavy atom. The number of fused-ring (bicyclic) bond motifs is 1. The molecule has 0 radical (unpaired) electrons. The Labute approximate surface area is 88.7 Å². The summed E-state index contributed by atoms with van der Waals surface area (Å²) < 4.78 is 1.85. The molecule has 0 atom stereocenters. The van der Waals surface area contributed by atoms with Crippen LogP contribution in [0.1, 0.15) is 18.9 Å². The molecule has 1 heterocycles. The summed E-state index contributed by atoms with van der Waals surface area (Å²) in [7, 11) is 1.93. The van der Waals surface area contributed by atoms with E-state index in [1.54, 1.807) is 6.92 Å². The molecular weight excluding hydrogens is 188 g/mol. The number of nitrogens with zero attached hydrogens (tertiary/aromatic N) is 2. The summed E-state index contributed by atoms with van der Waals surface area (Å²) in [5, 5.41) is 5.37. The van der Waals surface area contributed by atoms with E-state index in [9.17, 15) is 4.79 Å². The van der Waals surface area contributed by atoms with Crippen LogP contribution in [0, 0.1) is 0 Å². The van der Waals surface area contributed by atoms with E-state index >= 15 is 0 Å². The highest BCUT2D eigenvalue weighted by atomic mass is 16.1. The van der Waals surface area contributed by atoms with Gasteiger partial charge in [0.1, 0.15) is 5.78 Å². The Hall–Kier alpha value is -1.64. The molecule has 0 fully saturated rings. The van der Waals surface area contributed by atoms with Crippen molar-refractivity contribution in [3.05, 3.63) is 30.0 Å². The van der Waals surface area contributed by atoms with Crippen molar-refractivity contribution in [3.63, 3.8) is 0 Å². The van der Waals surface area contributed by atoms with Crippen molar-refractivity contribution < 1.29 is 4.79 Å². The third-order valence-corrected chi connectivity index (χ3v) is 2.63. The first-order chi connectivity index (χ1) is 7.18. The molecule has 15 heavy (non-hydrogen) atoms. The average Bonchev–Trinajstić information content (AvgIpc) is 2.58. The molecule has 3 nitrogen and oxygen atoms in total. The number of aromatic nitrogens is 2. The summed E-state index contributed by atoms with van der Waals surface area (Å²) in [6.45, 7) is 1.63. The normalized spacial score (nSPS) is 10.8. The third kappa shape index (κ3) is 1.91. The topological polar surface area (TPSA) is 34.9 Å². The lowest BCUT2D eigenvalue weighted by molar-refractivity contribution is -0.116. The highest BCUT2D eigenvalue weighted by Gasteiger charge is 2.05. The Kier molecular flexibility index (Phi) is 2.54. The fourth-order valence-corrected chi connectivity index (χ4v) is 1.77. The van der Waals surface area contributed by atoms with Gasteiger partial charge in [-0.15, -0.1) is 0 Å². The zero-order chi connectivity index (χ0) is 10.8. The Morgan fingerprint density at radius 1 is 1.47 bits per heavy atom. The molecule has 78 valence electrons. The highest BCUT2D eigenvalue weighted by molar-refractivity contribution is 5.83. The van der Waals surface area contributed by atoms with Gasteiger partial charge in [0.25, 0.3) is 0 Å². The van der Waals surface area contributed by atoms with Crippen LogP contribution in [0.2, 0.25) is 0 Å². The maximum Gasteiger partial charge on any atom is 0.130 e. The van der Waals surface area contributed by atoms with Crippen molar-refractivity contribution >= 4 is 16.7 Å². The minimum absolute atomic E-state index is 0.232. The van der Waals surface area contributed by atoms with E-state index in [0.717, 1.165) is 17.3 Å². The first kappa shape index (κ1) is 9.90. The monoisotopic (exact) mass is 202 g/mol. The molecule has 0 aliphatic rings. The van der Waals surface area contributed by atoms with E-state index in [1.807, 2.05) is 30.1 Å². The second-order valence-electron chi connectivity index (χ2n) is 3.82. The maximum absolute atomic E-state index is 10.9. The van der Waals surface area contributed by atoms with Gasteiger partial charge in [-0.05, 0) is 25.0 Å². The van der Waals surface area contributed by atoms with Gasteiger partial charge in [-0.2, -0.15) is 5.10 Å². The van der Waals surface area contributed by atoms with Crippen molar-refractivity contribution in [1.82, 2.24) is 9.78 Å². The van der Waals surface area contributed by atoms with Crippen molar-refractivity contribution in [2.75, 3.05) is 0 Å². The molecular formula is C12H14N2O. The van der Waals surface area contributed by atoms with Gasteiger partial charge in [0.15, 0.2) is 0 Å². The third-order valence-electron chi connectivity index (χ3n) is 2.63. The smallest absolute Gasteiger partial charge is 0.130 e. The zero-order valence-electron chi connectivity index (χ0n) is 9.03. The zero-order valence-corrected chi connectivity index (χ0v) is 9.03. The van der Waals surface area contributed by atoms with Gasteiger partial charge in [-0.1, -0.05) is 12.1 Å². The van der Waals surface area contributed by atoms with E-state index in [1.165, 1.54) is 5.56 Å². The number of Topliss-reactive ketones (excluding diaryl/α,β-unsaturated/α-hetero) is 1. The van der Waals surface area contributed by atoms with Crippen LogP contribution >= 0.6 is 0 Å². The minimum atomic E-state index is 0.232. The molecule has 3 heteroatoms. The Bertz CT molecular complexity index is 499. The molecule has 0 N–H and O–H groups in total. The van der Waals surface area contributed by atoms with E-state index in [0.29, 0.717) is 6.42 Å². The molecule has 0 bridgehead atoms. The van der Waals surface area contributed by atoms with Gasteiger partial charge in [0, 0.05) is 18.9 Å². The number of hydrogen-bond donors (Lipinski definition) is 0. The SMILES string of the molecule is CC(=O)CCc1cccc2c1cnn2C. The average molecular weight is 202 g/mol. The molecule has 0 spiro atoms. The summed E-state index contributed by atoms with van der Waals surface area (Å²) in [5.41, 5.74) is 2.33. The van der Waals surface area contributed by atoms with Crippen LogP contribution in [0.5, 0.6) is 0 Å². The number of benzene rings is 1. The summed E-state index contributed by atoms with van der Waals surface area (Å²) in [5.74, 6) is 0.232. The standard InChI is InChI=1S/C12H14N2O/c1-9(15)6-7-10-4-3-5-12-11(10)8-13-14(12)2/h3-5,8H,6-7H2,1-2H3. The van der Waals surface area contributed by atoms with Crippen molar-refractivity contribution in [3.8, 4) is 0 Å². The molecule has 2 aromatic rings. The van der Waals surface area contributed by atoms with Crippen LogP contribution < -0.4 is 0 Å². The summed E-state index contributed by atoms with van der Waals surface area (Å²) in [4.78, 5) is 10.9. The molecule has 0 aliphatic carbocycles. The first-order valence-electron chi connectivity index (χ1n) is 5.07. The second-order valence-corrected chi connectivity index (χ2v) is 3.82. The van der Waals surface area contributed by atoms with Crippen molar-refractivity contribution in [2.45, 2.75) is 19.8 Å². The lowest BCUT2D eigenvalue weighted by Gasteiger charge is -2.01. The molecule has 2 rings (SSSR count). The number of carbonyl (C=O) groups excluding carboxylic acids is 1. The van der Waals surface area contributed by atoms with E-state index < -0.39 is 0 Å². The first-order valence-corrected chi connectivity index (χ1v) is 5.07. The van der Waals surface area contributed by atoms with Crippen molar-refractivity contribution in [2.24, 2.45) is 7.05 Å². The van der Waals surface area contributed by atoms with Crippen LogP contribution in [0.25, 0.3) is 10.9 Å². The quantitative estimate of drug-likeness (QED) is 0.764. The maximum atomic E-state index is 10.9. The number of aryl methyl sites for hydroxylation is 2. The van der Waals surface area contributed by atoms with Gasteiger partial charge in [-0.25, -0.2) is 0 Å². The molecule has 1 aromatic heterocycles. The van der Waals surface area contributed by atoms with Crippen LogP contribution in [0.15, 0.2) is 24.4 Å². The lowest BCUT2D eigenvalue weighted by atomic mass is 10.0. The van der Waals surface area contributed by atoms with E-state index in [2.05, 4.69) is 11.2 Å². The van der Waals surface area contributed by atoms with E-state index in [4.69, 9.17) is 0 Å². The van der Waals surface area contributed by atoms with Gasteiger partial charge in [-0.3, -0.25) is 4.68 Å². The molecule has 0 amide bonds. The number of rotatable bonds is 3. The van der Waals surface area contributed by atoms with Gasteiger partial charge < -0.3 is 4.79 Å². The summed E-state index contributed by atoms with van der Waals surface area (Å²) >= 11 is 0. The fraction of sp³-hybridized carbons (Fsp3) is 0.333. The second kappa shape index (κ2) is 3.85. The van der Waals surface area contributed by atoms with Crippen molar-refractivity contribution in [1.29, 1.82) is 0 Å². The van der Waals surface area contributed by atoms with Crippen LogP contribution in [-0.2, 0) is 18.3 Å². The molecule has 0 aliphatic heterocycles. The molecule has 0 unspecified atom stereocenters. The Morgan fingerprint density at radius 2 is 2.27 bits per heavy atom. The Balaban J connectivity index is 2.38. The predicted molar refractivity (Wildman–Crippen MR) is 59.7 cm³/mol. The van der Waals surface area contributed by atoms with Gasteiger partial charge in [0.2, 0.25) is 0 Å². The minimum Gasteiger partial charge on any atom is -0.300 e. The van der Waals surface area contributed by atoms with E-state index in [-0.39, 0.29) is 5.78 Å².